The Kier molecular flexibility index (Phi) is 5.95. The molecule has 0 fully saturated rings. The van der Waals surface area contributed by atoms with Crippen LogP contribution in [0.5, 0.6) is 0 Å². The van der Waals surface area contributed by atoms with Crippen molar-refractivity contribution >= 4 is 17.3 Å². The van der Waals surface area contributed by atoms with Gasteiger partial charge in [0, 0.05) is 23.7 Å². The van der Waals surface area contributed by atoms with Crippen molar-refractivity contribution in [2.45, 2.75) is 26.2 Å². The second-order valence-electron chi connectivity index (χ2n) is 4.21. The Morgan fingerprint density at radius 1 is 1.42 bits per heavy atom. The van der Waals surface area contributed by atoms with E-state index in [0.29, 0.717) is 24.1 Å². The molecule has 0 aliphatic rings. The zero-order chi connectivity index (χ0) is 14.3. The maximum Gasteiger partial charge on any atom is 0.274 e. The number of nitrogens with zero attached hydrogens (tertiary/aromatic N) is 1. The Bertz CT molecular complexity index is 460. The van der Waals surface area contributed by atoms with Crippen LogP contribution >= 0.6 is 0 Å². The van der Waals surface area contributed by atoms with Gasteiger partial charge < -0.3 is 10.6 Å². The highest BCUT2D eigenvalue weighted by atomic mass is 16.6. The standard InChI is InChI=1S/C13H19N3O3/c1-3-10-6-7-11(9-12(10)16(18)19)15-13(17)5-4-8-14-2/h6-7,9,14H,3-5,8H2,1-2H3,(H,15,17). The van der Waals surface area contributed by atoms with E-state index in [4.69, 9.17) is 0 Å². The number of nitro benzene ring substituents is 1. The lowest BCUT2D eigenvalue weighted by molar-refractivity contribution is -0.385. The topological polar surface area (TPSA) is 84.3 Å². The lowest BCUT2D eigenvalue weighted by Gasteiger charge is -2.07. The lowest BCUT2D eigenvalue weighted by atomic mass is 10.1. The summed E-state index contributed by atoms with van der Waals surface area (Å²) in [5.74, 6) is -0.131. The predicted octanol–water partition coefficient (Wildman–Crippen LogP) is 2.10. The molecule has 0 unspecified atom stereocenters. The number of hydrogen-bond donors (Lipinski definition) is 2. The number of amides is 1. The first-order valence-corrected chi connectivity index (χ1v) is 6.30. The van der Waals surface area contributed by atoms with Gasteiger partial charge in [0.15, 0.2) is 0 Å². The summed E-state index contributed by atoms with van der Waals surface area (Å²) in [6, 6.07) is 4.79. The first-order valence-electron chi connectivity index (χ1n) is 6.30. The van der Waals surface area contributed by atoms with Gasteiger partial charge in [0.2, 0.25) is 5.91 Å². The highest BCUT2D eigenvalue weighted by Crippen LogP contribution is 2.23. The molecule has 2 N–H and O–H groups in total. The van der Waals surface area contributed by atoms with Gasteiger partial charge in [-0.25, -0.2) is 0 Å². The Labute approximate surface area is 112 Å². The number of aryl methyl sites for hydroxylation is 1. The maximum absolute atomic E-state index is 11.6. The zero-order valence-electron chi connectivity index (χ0n) is 11.2. The van der Waals surface area contributed by atoms with Crippen molar-refractivity contribution < 1.29 is 9.72 Å². The molecule has 0 spiro atoms. The summed E-state index contributed by atoms with van der Waals surface area (Å²) >= 11 is 0. The summed E-state index contributed by atoms with van der Waals surface area (Å²) in [5, 5.41) is 16.5. The van der Waals surface area contributed by atoms with Gasteiger partial charge >= 0.3 is 0 Å². The van der Waals surface area contributed by atoms with Crippen LogP contribution in [0.4, 0.5) is 11.4 Å². The summed E-state index contributed by atoms with van der Waals surface area (Å²) in [5.41, 5.74) is 1.19. The zero-order valence-corrected chi connectivity index (χ0v) is 11.2. The minimum atomic E-state index is -0.421. The summed E-state index contributed by atoms with van der Waals surface area (Å²) in [6.07, 6.45) is 1.72. The third kappa shape index (κ3) is 4.67. The average molecular weight is 265 g/mol. The molecule has 0 radical (unpaired) electrons. The fourth-order valence-corrected chi connectivity index (χ4v) is 1.76. The van der Waals surface area contributed by atoms with Crippen LogP contribution in [0.3, 0.4) is 0 Å². The summed E-state index contributed by atoms with van der Waals surface area (Å²) in [4.78, 5) is 22.1. The number of carbonyl (C=O) groups is 1. The van der Waals surface area contributed by atoms with Crippen LogP contribution in [0.1, 0.15) is 25.3 Å². The molecule has 19 heavy (non-hydrogen) atoms. The number of rotatable bonds is 7. The van der Waals surface area contributed by atoms with Crippen molar-refractivity contribution in [3.8, 4) is 0 Å². The van der Waals surface area contributed by atoms with Gasteiger partial charge in [0.1, 0.15) is 0 Å². The fourth-order valence-electron chi connectivity index (χ4n) is 1.76. The molecule has 1 amide bonds. The van der Waals surface area contributed by atoms with Crippen molar-refractivity contribution in [3.05, 3.63) is 33.9 Å². The van der Waals surface area contributed by atoms with Crippen molar-refractivity contribution in [1.82, 2.24) is 5.32 Å². The van der Waals surface area contributed by atoms with Crippen LogP contribution in [0.2, 0.25) is 0 Å². The fraction of sp³-hybridized carbons (Fsp3) is 0.462. The quantitative estimate of drug-likeness (QED) is 0.449. The van der Waals surface area contributed by atoms with Gasteiger partial charge in [0.05, 0.1) is 4.92 Å². The molecule has 1 aromatic carbocycles. The van der Waals surface area contributed by atoms with Crippen molar-refractivity contribution in [2.75, 3.05) is 18.9 Å². The van der Waals surface area contributed by atoms with E-state index in [1.807, 2.05) is 14.0 Å². The van der Waals surface area contributed by atoms with Crippen molar-refractivity contribution in [3.63, 3.8) is 0 Å². The molecule has 0 saturated heterocycles. The Balaban J connectivity index is 2.71. The van der Waals surface area contributed by atoms with Gasteiger partial charge in [-0.3, -0.25) is 14.9 Å². The van der Waals surface area contributed by atoms with Gasteiger partial charge in [-0.1, -0.05) is 13.0 Å². The number of nitrogens with one attached hydrogen (secondary N) is 2. The molecular weight excluding hydrogens is 246 g/mol. The normalized spacial score (nSPS) is 10.2. The lowest BCUT2D eigenvalue weighted by Crippen LogP contribution is -2.15. The van der Waals surface area contributed by atoms with E-state index in [-0.39, 0.29) is 11.6 Å². The molecule has 0 aliphatic carbocycles. The SMILES string of the molecule is CCc1ccc(NC(=O)CCCNC)cc1[N+](=O)[O-]. The molecule has 0 bridgehead atoms. The molecule has 0 aliphatic heterocycles. The molecule has 1 aromatic rings. The highest BCUT2D eigenvalue weighted by molar-refractivity contribution is 5.91. The summed E-state index contributed by atoms with van der Waals surface area (Å²) < 4.78 is 0. The van der Waals surface area contributed by atoms with Crippen LogP contribution in [-0.4, -0.2) is 24.4 Å². The number of benzene rings is 1. The summed E-state index contributed by atoms with van der Waals surface area (Å²) in [7, 11) is 1.82. The van der Waals surface area contributed by atoms with Crippen LogP contribution in [0.15, 0.2) is 18.2 Å². The van der Waals surface area contributed by atoms with Crippen LogP contribution < -0.4 is 10.6 Å². The number of hydrogen-bond acceptors (Lipinski definition) is 4. The minimum absolute atomic E-state index is 0.0514. The smallest absolute Gasteiger partial charge is 0.274 e. The Morgan fingerprint density at radius 3 is 2.74 bits per heavy atom. The predicted molar refractivity (Wildman–Crippen MR) is 74.3 cm³/mol. The first-order chi connectivity index (χ1) is 9.08. The highest BCUT2D eigenvalue weighted by Gasteiger charge is 2.13. The third-order valence-corrected chi connectivity index (χ3v) is 2.78. The molecule has 0 heterocycles. The van der Waals surface area contributed by atoms with Crippen LogP contribution in [0, 0.1) is 10.1 Å². The van der Waals surface area contributed by atoms with Crippen LogP contribution in [-0.2, 0) is 11.2 Å². The molecule has 6 nitrogen and oxygen atoms in total. The van der Waals surface area contributed by atoms with Crippen LogP contribution in [0.25, 0.3) is 0 Å². The van der Waals surface area contributed by atoms with E-state index in [1.54, 1.807) is 12.1 Å². The number of nitro groups is 1. The monoisotopic (exact) mass is 265 g/mol. The van der Waals surface area contributed by atoms with E-state index < -0.39 is 4.92 Å². The number of carbonyl (C=O) groups excluding carboxylic acids is 1. The van der Waals surface area contributed by atoms with E-state index in [1.165, 1.54) is 6.07 Å². The minimum Gasteiger partial charge on any atom is -0.326 e. The molecule has 1 rings (SSSR count). The van der Waals surface area contributed by atoms with Gasteiger partial charge in [-0.2, -0.15) is 0 Å². The van der Waals surface area contributed by atoms with Gasteiger partial charge in [-0.15, -0.1) is 0 Å². The molecular formula is C13H19N3O3. The van der Waals surface area contributed by atoms with Crippen molar-refractivity contribution in [1.29, 1.82) is 0 Å². The first kappa shape index (κ1) is 15.1. The number of anilines is 1. The van der Waals surface area contributed by atoms with Gasteiger partial charge in [-0.05, 0) is 32.5 Å². The van der Waals surface area contributed by atoms with E-state index >= 15 is 0 Å². The van der Waals surface area contributed by atoms with Gasteiger partial charge in [0.25, 0.3) is 5.69 Å². The van der Waals surface area contributed by atoms with E-state index in [2.05, 4.69) is 10.6 Å². The largest absolute Gasteiger partial charge is 0.326 e. The second kappa shape index (κ2) is 7.48. The van der Waals surface area contributed by atoms with E-state index in [9.17, 15) is 14.9 Å². The average Bonchev–Trinajstić information content (AvgIpc) is 2.39. The molecule has 0 saturated carbocycles. The molecule has 0 aromatic heterocycles. The van der Waals surface area contributed by atoms with Crippen molar-refractivity contribution in [2.24, 2.45) is 0 Å². The molecule has 6 heteroatoms. The Hall–Kier alpha value is -1.95. The van der Waals surface area contributed by atoms with E-state index in [0.717, 1.165) is 13.0 Å². The molecule has 104 valence electrons. The summed E-state index contributed by atoms with van der Waals surface area (Å²) in [6.45, 7) is 2.63. The maximum atomic E-state index is 11.6. The third-order valence-electron chi connectivity index (χ3n) is 2.78. The Morgan fingerprint density at radius 2 is 2.16 bits per heavy atom. The second-order valence-corrected chi connectivity index (χ2v) is 4.21. The molecule has 0 atom stereocenters.